The Labute approximate surface area is 110 Å². The fourth-order valence-corrected chi connectivity index (χ4v) is 2.35. The molecule has 0 bridgehead atoms. The maximum atomic E-state index is 12.6. The van der Waals surface area contributed by atoms with Gasteiger partial charge in [-0.05, 0) is 30.9 Å². The summed E-state index contributed by atoms with van der Waals surface area (Å²) in [5, 5.41) is 10.1. The lowest BCUT2D eigenvalue weighted by Gasteiger charge is -2.26. The van der Waals surface area contributed by atoms with E-state index in [1.54, 1.807) is 6.07 Å². The van der Waals surface area contributed by atoms with Crippen LogP contribution in [0.5, 0.6) is 0 Å². The second-order valence-electron chi connectivity index (χ2n) is 4.95. The zero-order valence-electron chi connectivity index (χ0n) is 10.5. The van der Waals surface area contributed by atoms with Crippen molar-refractivity contribution in [3.63, 3.8) is 0 Å². The summed E-state index contributed by atoms with van der Waals surface area (Å²) in [5.74, 6) is 0.0169. The zero-order chi connectivity index (χ0) is 13.9. The second kappa shape index (κ2) is 5.92. The second-order valence-corrected chi connectivity index (χ2v) is 4.95. The predicted molar refractivity (Wildman–Crippen MR) is 64.7 cm³/mol. The molecule has 1 fully saturated rings. The van der Waals surface area contributed by atoms with E-state index in [-0.39, 0.29) is 12.3 Å². The summed E-state index contributed by atoms with van der Waals surface area (Å²) in [4.78, 5) is 0. The minimum absolute atomic E-state index is 0.0169. The number of ether oxygens (including phenoxy) is 1. The Kier molecular flexibility index (Phi) is 4.47. The molecular weight excluding hydrogens is 257 g/mol. The fraction of sp³-hybridized carbons (Fsp3) is 0.571. The van der Waals surface area contributed by atoms with Crippen LogP contribution in [0.2, 0.25) is 0 Å². The van der Waals surface area contributed by atoms with Gasteiger partial charge >= 0.3 is 6.18 Å². The molecule has 1 heterocycles. The normalized spacial score (nSPS) is 22.2. The number of alkyl halides is 3. The van der Waals surface area contributed by atoms with Gasteiger partial charge in [0.1, 0.15) is 0 Å². The minimum Gasteiger partial charge on any atom is -0.392 e. The van der Waals surface area contributed by atoms with Crippen molar-refractivity contribution in [3.8, 4) is 0 Å². The summed E-state index contributed by atoms with van der Waals surface area (Å²) in [5.41, 5.74) is -0.162. The smallest absolute Gasteiger partial charge is 0.392 e. The van der Waals surface area contributed by atoms with E-state index in [0.29, 0.717) is 18.8 Å². The Morgan fingerprint density at radius 3 is 2.79 bits per heavy atom. The molecule has 1 aliphatic heterocycles. The molecule has 5 heteroatoms. The van der Waals surface area contributed by atoms with Crippen molar-refractivity contribution in [1.82, 2.24) is 0 Å². The molecule has 0 amide bonds. The number of benzene rings is 1. The van der Waals surface area contributed by atoms with Gasteiger partial charge in [0.25, 0.3) is 0 Å². The molecule has 106 valence electrons. The number of aliphatic hydroxyl groups is 1. The fourth-order valence-electron chi connectivity index (χ4n) is 2.35. The van der Waals surface area contributed by atoms with E-state index in [1.165, 1.54) is 6.07 Å². The molecule has 0 radical (unpaired) electrons. The van der Waals surface area contributed by atoms with E-state index in [9.17, 15) is 18.3 Å². The van der Waals surface area contributed by atoms with Gasteiger partial charge in [-0.1, -0.05) is 18.2 Å². The van der Waals surface area contributed by atoms with Crippen LogP contribution in [0.3, 0.4) is 0 Å². The Bertz CT molecular complexity index is 411. The van der Waals surface area contributed by atoms with Gasteiger partial charge in [0.05, 0.1) is 18.3 Å². The standard InChI is InChI=1S/C14H17F3O2/c15-14(16,17)12-5-1-3-10(7-12)8-13(18)11-4-2-6-19-9-11/h1,3,5,7,11,13,18H,2,4,6,8-9H2. The van der Waals surface area contributed by atoms with Crippen LogP contribution in [-0.4, -0.2) is 24.4 Å². The Hall–Kier alpha value is -1.07. The molecule has 2 rings (SSSR count). The first kappa shape index (κ1) is 14.3. The van der Waals surface area contributed by atoms with Crippen LogP contribution in [0.1, 0.15) is 24.0 Å². The van der Waals surface area contributed by atoms with Gasteiger partial charge < -0.3 is 9.84 Å². The summed E-state index contributed by atoms with van der Waals surface area (Å²) in [6.45, 7) is 1.19. The molecule has 1 aliphatic rings. The molecule has 0 aliphatic carbocycles. The molecule has 1 aromatic rings. The van der Waals surface area contributed by atoms with Crippen molar-refractivity contribution >= 4 is 0 Å². The highest BCUT2D eigenvalue weighted by atomic mass is 19.4. The monoisotopic (exact) mass is 274 g/mol. The molecule has 0 aromatic heterocycles. The highest BCUT2D eigenvalue weighted by molar-refractivity contribution is 5.26. The van der Waals surface area contributed by atoms with Crippen LogP contribution in [0.15, 0.2) is 24.3 Å². The van der Waals surface area contributed by atoms with E-state index in [2.05, 4.69) is 0 Å². The SMILES string of the molecule is OC(Cc1cccc(C(F)(F)F)c1)C1CCCOC1. The van der Waals surface area contributed by atoms with Crippen LogP contribution in [-0.2, 0) is 17.3 Å². The lowest BCUT2D eigenvalue weighted by molar-refractivity contribution is -0.137. The van der Waals surface area contributed by atoms with Gasteiger partial charge in [0.2, 0.25) is 0 Å². The average molecular weight is 274 g/mol. The Morgan fingerprint density at radius 2 is 2.16 bits per heavy atom. The molecule has 1 saturated heterocycles. The highest BCUT2D eigenvalue weighted by Gasteiger charge is 2.30. The van der Waals surface area contributed by atoms with Crippen molar-refractivity contribution < 1.29 is 23.0 Å². The first-order valence-corrected chi connectivity index (χ1v) is 6.39. The third-order valence-corrected chi connectivity index (χ3v) is 3.44. The molecular formula is C14H17F3O2. The van der Waals surface area contributed by atoms with E-state index in [0.717, 1.165) is 25.0 Å². The van der Waals surface area contributed by atoms with E-state index in [1.807, 2.05) is 0 Å². The van der Waals surface area contributed by atoms with Gasteiger partial charge in [0, 0.05) is 12.5 Å². The minimum atomic E-state index is -4.34. The molecule has 2 nitrogen and oxygen atoms in total. The summed E-state index contributed by atoms with van der Waals surface area (Å²) in [6.07, 6.45) is -3.00. The summed E-state index contributed by atoms with van der Waals surface area (Å²) < 4.78 is 43.0. The van der Waals surface area contributed by atoms with E-state index < -0.39 is 17.8 Å². The van der Waals surface area contributed by atoms with Crippen molar-refractivity contribution in [1.29, 1.82) is 0 Å². The van der Waals surface area contributed by atoms with Crippen molar-refractivity contribution in [3.05, 3.63) is 35.4 Å². The summed E-state index contributed by atoms with van der Waals surface area (Å²) in [7, 11) is 0. The average Bonchev–Trinajstić information content (AvgIpc) is 2.39. The summed E-state index contributed by atoms with van der Waals surface area (Å²) >= 11 is 0. The largest absolute Gasteiger partial charge is 0.416 e. The highest BCUT2D eigenvalue weighted by Crippen LogP contribution is 2.30. The van der Waals surface area contributed by atoms with E-state index in [4.69, 9.17) is 4.74 Å². The number of rotatable bonds is 3. The Balaban J connectivity index is 2.02. The van der Waals surface area contributed by atoms with Gasteiger partial charge in [0.15, 0.2) is 0 Å². The molecule has 19 heavy (non-hydrogen) atoms. The maximum absolute atomic E-state index is 12.6. The molecule has 1 aromatic carbocycles. The van der Waals surface area contributed by atoms with Gasteiger partial charge in [-0.3, -0.25) is 0 Å². The van der Waals surface area contributed by atoms with Gasteiger partial charge in [-0.25, -0.2) is 0 Å². The van der Waals surface area contributed by atoms with Crippen LogP contribution < -0.4 is 0 Å². The number of halogens is 3. The lowest BCUT2D eigenvalue weighted by Crippen LogP contribution is -2.30. The third kappa shape index (κ3) is 3.94. The maximum Gasteiger partial charge on any atom is 0.416 e. The van der Waals surface area contributed by atoms with Crippen LogP contribution in [0.4, 0.5) is 13.2 Å². The van der Waals surface area contributed by atoms with Crippen molar-refractivity contribution in [2.75, 3.05) is 13.2 Å². The van der Waals surface area contributed by atoms with Crippen LogP contribution in [0.25, 0.3) is 0 Å². The third-order valence-electron chi connectivity index (χ3n) is 3.44. The topological polar surface area (TPSA) is 29.5 Å². The summed E-state index contributed by atoms with van der Waals surface area (Å²) in [6, 6.07) is 5.14. The molecule has 0 spiro atoms. The first-order chi connectivity index (χ1) is 8.97. The van der Waals surface area contributed by atoms with Crippen molar-refractivity contribution in [2.45, 2.75) is 31.5 Å². The number of aliphatic hydroxyl groups excluding tert-OH is 1. The first-order valence-electron chi connectivity index (χ1n) is 6.39. The Morgan fingerprint density at radius 1 is 1.37 bits per heavy atom. The van der Waals surface area contributed by atoms with Crippen LogP contribution in [0, 0.1) is 5.92 Å². The van der Waals surface area contributed by atoms with Crippen molar-refractivity contribution in [2.24, 2.45) is 5.92 Å². The van der Waals surface area contributed by atoms with Gasteiger partial charge in [-0.2, -0.15) is 13.2 Å². The lowest BCUT2D eigenvalue weighted by atomic mass is 9.91. The number of hydrogen-bond acceptors (Lipinski definition) is 2. The van der Waals surface area contributed by atoms with E-state index >= 15 is 0 Å². The molecule has 1 N–H and O–H groups in total. The predicted octanol–water partition coefficient (Wildman–Crippen LogP) is 3.04. The molecule has 2 atom stereocenters. The molecule has 2 unspecified atom stereocenters. The number of hydrogen-bond donors (Lipinski definition) is 1. The molecule has 0 saturated carbocycles. The van der Waals surface area contributed by atoms with Gasteiger partial charge in [-0.15, -0.1) is 0 Å². The zero-order valence-corrected chi connectivity index (χ0v) is 10.5. The van der Waals surface area contributed by atoms with Crippen LogP contribution >= 0.6 is 0 Å². The quantitative estimate of drug-likeness (QED) is 0.918.